The van der Waals surface area contributed by atoms with E-state index in [1.54, 1.807) is 24.3 Å². The van der Waals surface area contributed by atoms with Gasteiger partial charge in [0.2, 0.25) is 0 Å². The molecule has 1 saturated heterocycles. The largest absolute Gasteiger partial charge is 0.462 e. The highest BCUT2D eigenvalue weighted by atomic mass is 35.5. The van der Waals surface area contributed by atoms with Crippen LogP contribution in [-0.2, 0) is 23.6 Å². The Kier molecular flexibility index (Phi) is 9.79. The second-order valence-corrected chi connectivity index (χ2v) is 9.69. The molecule has 2 heterocycles. The summed E-state index contributed by atoms with van der Waals surface area (Å²) in [5.41, 5.74) is -2.92. The Labute approximate surface area is 241 Å². The minimum atomic E-state index is -5.03. The van der Waals surface area contributed by atoms with Gasteiger partial charge in [0.1, 0.15) is 12.3 Å². The van der Waals surface area contributed by atoms with Crippen LogP contribution in [-0.4, -0.2) is 72.4 Å². The number of alkyl halides is 6. The first-order valence-electron chi connectivity index (χ1n) is 12.6. The normalized spacial score (nSPS) is 14.5. The van der Waals surface area contributed by atoms with Gasteiger partial charge in [-0.05, 0) is 29.8 Å². The molecular formula is C27H25ClF6N4O4. The van der Waals surface area contributed by atoms with Crippen LogP contribution in [0.1, 0.15) is 16.7 Å². The lowest BCUT2D eigenvalue weighted by Gasteiger charge is -2.26. The van der Waals surface area contributed by atoms with Crippen LogP contribution in [0, 0.1) is 0 Å². The van der Waals surface area contributed by atoms with Crippen molar-refractivity contribution in [1.29, 1.82) is 0 Å². The first-order valence-corrected chi connectivity index (χ1v) is 12.9. The van der Waals surface area contributed by atoms with E-state index in [1.165, 1.54) is 6.20 Å². The highest BCUT2D eigenvalue weighted by molar-refractivity contribution is 6.33. The number of rotatable bonds is 8. The van der Waals surface area contributed by atoms with Crippen LogP contribution in [0.2, 0.25) is 5.02 Å². The van der Waals surface area contributed by atoms with Crippen molar-refractivity contribution in [3.63, 3.8) is 0 Å². The van der Waals surface area contributed by atoms with Crippen molar-refractivity contribution in [3.05, 3.63) is 70.4 Å². The third-order valence-corrected chi connectivity index (χ3v) is 6.51. The average molecular weight is 619 g/mol. The second-order valence-electron chi connectivity index (χ2n) is 9.29. The SMILES string of the molecule is CN(Cc1cc(C(F)(F)F)cc(C(F)(F)F)c1)C(=O)Oc1cnc(OCCN2CCOCC2)nc1-c1ccccc1Cl. The predicted molar refractivity (Wildman–Crippen MR) is 139 cm³/mol. The Morgan fingerprint density at radius 3 is 2.31 bits per heavy atom. The first kappa shape index (κ1) is 31.3. The van der Waals surface area contributed by atoms with E-state index in [4.69, 9.17) is 25.8 Å². The molecule has 0 N–H and O–H groups in total. The zero-order valence-corrected chi connectivity index (χ0v) is 22.9. The van der Waals surface area contributed by atoms with Gasteiger partial charge in [0.05, 0.1) is 35.6 Å². The number of morpholine rings is 1. The molecule has 1 aliphatic heterocycles. The molecule has 15 heteroatoms. The maximum absolute atomic E-state index is 13.2. The Hall–Kier alpha value is -3.62. The summed E-state index contributed by atoms with van der Waals surface area (Å²) in [4.78, 5) is 24.3. The van der Waals surface area contributed by atoms with Crippen molar-refractivity contribution < 1.29 is 45.3 Å². The van der Waals surface area contributed by atoms with Gasteiger partial charge in [0.25, 0.3) is 0 Å². The van der Waals surface area contributed by atoms with Gasteiger partial charge in [-0.3, -0.25) is 4.90 Å². The van der Waals surface area contributed by atoms with Crippen molar-refractivity contribution in [2.45, 2.75) is 18.9 Å². The number of amides is 1. The number of carbonyl (C=O) groups excluding carboxylic acids is 1. The number of halogens is 7. The quantitative estimate of drug-likeness (QED) is 0.279. The van der Waals surface area contributed by atoms with E-state index in [0.717, 1.165) is 25.0 Å². The Balaban J connectivity index is 1.53. The van der Waals surface area contributed by atoms with Gasteiger partial charge in [-0.1, -0.05) is 29.8 Å². The van der Waals surface area contributed by atoms with Crippen LogP contribution in [0.4, 0.5) is 31.1 Å². The van der Waals surface area contributed by atoms with Crippen LogP contribution in [0.25, 0.3) is 11.3 Å². The molecule has 0 saturated carbocycles. The highest BCUT2D eigenvalue weighted by Crippen LogP contribution is 2.37. The zero-order chi connectivity index (χ0) is 30.5. The third-order valence-electron chi connectivity index (χ3n) is 6.18. The van der Waals surface area contributed by atoms with Gasteiger partial charge in [-0.25, -0.2) is 4.79 Å². The second kappa shape index (κ2) is 13.1. The number of aromatic nitrogens is 2. The number of benzene rings is 2. The minimum absolute atomic E-state index is 0.0135. The molecule has 1 aliphatic rings. The van der Waals surface area contributed by atoms with Crippen molar-refractivity contribution in [1.82, 2.24) is 19.8 Å². The predicted octanol–water partition coefficient (Wildman–Crippen LogP) is 6.18. The van der Waals surface area contributed by atoms with E-state index < -0.39 is 41.7 Å². The van der Waals surface area contributed by atoms with E-state index in [2.05, 4.69) is 14.9 Å². The van der Waals surface area contributed by atoms with Gasteiger partial charge >= 0.3 is 24.5 Å². The molecule has 1 fully saturated rings. The smallest absolute Gasteiger partial charge is 0.416 e. The maximum Gasteiger partial charge on any atom is 0.416 e. The topological polar surface area (TPSA) is 77.0 Å². The third kappa shape index (κ3) is 8.23. The van der Waals surface area contributed by atoms with E-state index in [9.17, 15) is 31.1 Å². The molecule has 8 nitrogen and oxygen atoms in total. The van der Waals surface area contributed by atoms with Crippen LogP contribution in [0.15, 0.2) is 48.7 Å². The molecule has 0 radical (unpaired) electrons. The van der Waals surface area contributed by atoms with Gasteiger partial charge in [0.15, 0.2) is 5.75 Å². The number of hydrogen-bond acceptors (Lipinski definition) is 7. The molecule has 2 aromatic carbocycles. The number of nitrogens with zero attached hydrogens (tertiary/aromatic N) is 4. The van der Waals surface area contributed by atoms with E-state index in [-0.39, 0.29) is 35.1 Å². The van der Waals surface area contributed by atoms with Crippen LogP contribution in [0.3, 0.4) is 0 Å². The van der Waals surface area contributed by atoms with Crippen molar-refractivity contribution in [2.24, 2.45) is 0 Å². The van der Waals surface area contributed by atoms with Crippen molar-refractivity contribution in [2.75, 3.05) is 46.5 Å². The van der Waals surface area contributed by atoms with Gasteiger partial charge in [-0.2, -0.15) is 36.3 Å². The lowest BCUT2D eigenvalue weighted by molar-refractivity contribution is -0.143. The molecule has 0 atom stereocenters. The van der Waals surface area contributed by atoms with E-state index >= 15 is 0 Å². The number of ether oxygens (including phenoxy) is 3. The lowest BCUT2D eigenvalue weighted by atomic mass is 10.0. The van der Waals surface area contributed by atoms with Gasteiger partial charge < -0.3 is 19.1 Å². The molecule has 0 spiro atoms. The summed E-state index contributed by atoms with van der Waals surface area (Å²) in [6.45, 7) is 3.02. The minimum Gasteiger partial charge on any atom is -0.462 e. The fourth-order valence-electron chi connectivity index (χ4n) is 4.06. The lowest BCUT2D eigenvalue weighted by Crippen LogP contribution is -2.38. The first-order chi connectivity index (χ1) is 19.8. The van der Waals surface area contributed by atoms with E-state index in [0.29, 0.717) is 37.5 Å². The molecule has 1 aromatic heterocycles. The molecule has 4 rings (SSSR count). The molecule has 42 heavy (non-hydrogen) atoms. The van der Waals surface area contributed by atoms with Crippen LogP contribution in [0.5, 0.6) is 11.8 Å². The molecule has 0 aliphatic carbocycles. The van der Waals surface area contributed by atoms with Gasteiger partial charge in [-0.15, -0.1) is 0 Å². The summed E-state index contributed by atoms with van der Waals surface area (Å²) >= 11 is 6.34. The molecule has 226 valence electrons. The molecule has 3 aromatic rings. The number of carbonyl (C=O) groups is 1. The van der Waals surface area contributed by atoms with E-state index in [1.807, 2.05) is 0 Å². The molecular weight excluding hydrogens is 594 g/mol. The van der Waals surface area contributed by atoms with Gasteiger partial charge in [0, 0.05) is 38.8 Å². The fraction of sp³-hybridized carbons (Fsp3) is 0.370. The Bertz CT molecular complexity index is 1370. The summed E-state index contributed by atoms with van der Waals surface area (Å²) in [6.07, 6.45) is -9.96. The summed E-state index contributed by atoms with van der Waals surface area (Å²) < 4.78 is 95.9. The van der Waals surface area contributed by atoms with Crippen LogP contribution >= 0.6 is 11.6 Å². The summed E-state index contributed by atoms with van der Waals surface area (Å²) in [6, 6.07) is 7.63. The molecule has 1 amide bonds. The molecule has 0 bridgehead atoms. The maximum atomic E-state index is 13.2. The summed E-state index contributed by atoms with van der Waals surface area (Å²) in [5.74, 6) is -0.152. The standard InChI is InChI=1S/C27H25ClF6N4O4/c1-37(16-17-12-18(26(29,30)31)14-19(13-17)27(32,33)34)25(39)42-22-15-35-24(41-11-8-38-6-9-40-10-7-38)36-23(22)20-4-2-3-5-21(20)28/h2-5,12-15H,6-11,16H2,1H3. The zero-order valence-electron chi connectivity index (χ0n) is 22.1. The molecule has 0 unspecified atom stereocenters. The summed E-state index contributed by atoms with van der Waals surface area (Å²) in [7, 11) is 1.16. The van der Waals surface area contributed by atoms with Crippen LogP contribution < -0.4 is 9.47 Å². The van der Waals surface area contributed by atoms with Crippen molar-refractivity contribution >= 4 is 17.7 Å². The Morgan fingerprint density at radius 1 is 1.05 bits per heavy atom. The number of hydrogen-bond donors (Lipinski definition) is 0. The average Bonchev–Trinajstić information content (AvgIpc) is 2.93. The van der Waals surface area contributed by atoms with Crippen molar-refractivity contribution in [3.8, 4) is 23.0 Å². The monoisotopic (exact) mass is 618 g/mol. The highest BCUT2D eigenvalue weighted by Gasteiger charge is 2.37. The summed E-state index contributed by atoms with van der Waals surface area (Å²) in [5, 5.41) is 0.268. The fourth-order valence-corrected chi connectivity index (χ4v) is 4.28. The Morgan fingerprint density at radius 2 is 1.69 bits per heavy atom.